The maximum Gasteiger partial charge on any atom is 0.326 e. The second-order valence-corrected chi connectivity index (χ2v) is 7.54. The van der Waals surface area contributed by atoms with Gasteiger partial charge in [-0.25, -0.2) is 9.78 Å². The highest BCUT2D eigenvalue weighted by Crippen LogP contribution is 2.26. The van der Waals surface area contributed by atoms with Crippen LogP contribution in [0.15, 0.2) is 34.2 Å². The number of nitrogens with one attached hydrogen (secondary N) is 2. The van der Waals surface area contributed by atoms with Gasteiger partial charge in [0, 0.05) is 11.3 Å². The molecule has 1 aliphatic rings. The second kappa shape index (κ2) is 6.17. The molecule has 4 heterocycles. The molecule has 0 aliphatic heterocycles. The van der Waals surface area contributed by atoms with Crippen LogP contribution in [0.2, 0.25) is 0 Å². The van der Waals surface area contributed by atoms with E-state index in [0.717, 1.165) is 17.7 Å². The first-order chi connectivity index (χ1) is 13.6. The van der Waals surface area contributed by atoms with Crippen molar-refractivity contribution < 1.29 is 5.11 Å². The molecule has 1 fully saturated rings. The molecule has 1 saturated carbocycles. The lowest BCUT2D eigenvalue weighted by Crippen LogP contribution is -2.19. The molecule has 1 aliphatic carbocycles. The van der Waals surface area contributed by atoms with Crippen LogP contribution in [0.5, 0.6) is 5.88 Å². The normalized spacial score (nSPS) is 15.4. The number of imidazole rings is 1. The third-order valence-electron chi connectivity index (χ3n) is 4.35. The van der Waals surface area contributed by atoms with E-state index < -0.39 is 5.69 Å². The molecule has 9 nitrogen and oxygen atoms in total. The number of aromatic amines is 2. The number of nitriles is 1. The van der Waals surface area contributed by atoms with Gasteiger partial charge in [0.05, 0.1) is 22.8 Å². The summed E-state index contributed by atoms with van der Waals surface area (Å²) in [5, 5.41) is 23.9. The predicted molar refractivity (Wildman–Crippen MR) is 101 cm³/mol. The third-order valence-corrected chi connectivity index (χ3v) is 5.36. The highest BCUT2D eigenvalue weighted by molar-refractivity contribution is 7.15. The van der Waals surface area contributed by atoms with Crippen molar-refractivity contribution in [3.8, 4) is 22.5 Å². The van der Waals surface area contributed by atoms with Gasteiger partial charge >= 0.3 is 5.69 Å². The molecule has 28 heavy (non-hydrogen) atoms. The first-order valence-electron chi connectivity index (χ1n) is 8.56. The number of fused-ring (bicyclic) bond motifs is 1. The molecule has 5 rings (SSSR count). The van der Waals surface area contributed by atoms with Crippen LogP contribution in [0.1, 0.15) is 23.4 Å². The first kappa shape index (κ1) is 16.5. The van der Waals surface area contributed by atoms with Gasteiger partial charge < -0.3 is 10.1 Å². The van der Waals surface area contributed by atoms with Crippen LogP contribution < -0.4 is 16.4 Å². The summed E-state index contributed by atoms with van der Waals surface area (Å²) in [5.41, 5.74) is 1.67. The van der Waals surface area contributed by atoms with Crippen molar-refractivity contribution in [1.82, 2.24) is 24.6 Å². The van der Waals surface area contributed by atoms with Crippen LogP contribution in [0.4, 0.5) is 0 Å². The van der Waals surface area contributed by atoms with Crippen LogP contribution in [0.25, 0.3) is 22.3 Å². The van der Waals surface area contributed by atoms with E-state index in [4.69, 9.17) is 15.2 Å². The highest BCUT2D eigenvalue weighted by Gasteiger charge is 2.20. The van der Waals surface area contributed by atoms with Crippen molar-refractivity contribution in [3.05, 3.63) is 56.2 Å². The Morgan fingerprint density at radius 2 is 2.25 bits per heavy atom. The monoisotopic (exact) mass is 391 g/mol. The SMILES string of the molecule is N#Cc1ccc(-c2cc(=NC3CC3)n3nc/c(=C/c4[nH]c(=O)[nH]c4O)c3n2)s1. The maximum absolute atomic E-state index is 11.4. The molecular formula is C18H13N7O2S. The van der Waals surface area contributed by atoms with Crippen LogP contribution in [0.3, 0.4) is 0 Å². The predicted octanol–water partition coefficient (Wildman–Crippen LogP) is 0.662. The number of hydrogen-bond donors (Lipinski definition) is 3. The lowest BCUT2D eigenvalue weighted by molar-refractivity contribution is 0.454. The van der Waals surface area contributed by atoms with E-state index in [1.54, 1.807) is 22.9 Å². The summed E-state index contributed by atoms with van der Waals surface area (Å²) in [4.78, 5) is 27.1. The van der Waals surface area contributed by atoms with Gasteiger partial charge in [-0.15, -0.1) is 11.3 Å². The standard InChI is InChI=1S/C18H13N7O2S/c19-7-11-3-4-14(28-11)12-6-15(21-10-1-2-10)25-16(22-12)9(8-20-25)5-13-17(26)24-18(27)23-13/h3-6,8,10,26H,1-2H2,(H2,23,24,27)/b9-5-,21-15?. The van der Waals surface area contributed by atoms with E-state index in [2.05, 4.69) is 21.1 Å². The molecule has 0 atom stereocenters. The minimum atomic E-state index is -0.499. The lowest BCUT2D eigenvalue weighted by atomic mass is 10.3. The molecule has 4 aromatic heterocycles. The Morgan fingerprint density at radius 1 is 1.39 bits per heavy atom. The van der Waals surface area contributed by atoms with Crippen molar-refractivity contribution in [1.29, 1.82) is 5.26 Å². The Kier molecular flexibility index (Phi) is 3.63. The second-order valence-electron chi connectivity index (χ2n) is 6.46. The summed E-state index contributed by atoms with van der Waals surface area (Å²) in [6, 6.07) is 7.91. The van der Waals surface area contributed by atoms with Crippen LogP contribution in [-0.2, 0) is 0 Å². The molecule has 0 radical (unpaired) electrons. The number of thiophene rings is 1. The Morgan fingerprint density at radius 3 is 2.93 bits per heavy atom. The smallest absolute Gasteiger partial charge is 0.326 e. The lowest BCUT2D eigenvalue weighted by Gasteiger charge is -2.00. The van der Waals surface area contributed by atoms with E-state index >= 15 is 0 Å². The number of aromatic nitrogens is 5. The molecule has 0 amide bonds. The minimum absolute atomic E-state index is 0.246. The summed E-state index contributed by atoms with van der Waals surface area (Å²) in [7, 11) is 0. The quantitative estimate of drug-likeness (QED) is 0.471. The molecule has 0 bridgehead atoms. The topological polar surface area (TPSA) is 135 Å². The van der Waals surface area contributed by atoms with Gasteiger partial charge in [0.1, 0.15) is 16.6 Å². The average Bonchev–Trinajstić information content (AvgIpc) is 3.08. The third kappa shape index (κ3) is 2.87. The van der Waals surface area contributed by atoms with Crippen molar-refractivity contribution in [2.24, 2.45) is 4.99 Å². The minimum Gasteiger partial charge on any atom is -0.493 e. The van der Waals surface area contributed by atoms with Gasteiger partial charge in [-0.05, 0) is 31.1 Å². The fraction of sp³-hybridized carbons (Fsp3) is 0.167. The number of rotatable bonds is 3. The van der Waals surface area contributed by atoms with E-state index in [9.17, 15) is 9.90 Å². The fourth-order valence-electron chi connectivity index (χ4n) is 2.86. The zero-order chi connectivity index (χ0) is 19.3. The van der Waals surface area contributed by atoms with E-state index in [1.807, 2.05) is 12.1 Å². The number of H-pyrrole nitrogens is 2. The molecule has 0 unspecified atom stereocenters. The first-order valence-corrected chi connectivity index (χ1v) is 9.38. The Labute approximate surface area is 161 Å². The largest absolute Gasteiger partial charge is 0.493 e. The Balaban J connectivity index is 1.78. The number of aromatic hydroxyl groups is 1. The van der Waals surface area contributed by atoms with Crippen LogP contribution in [-0.4, -0.2) is 35.7 Å². The van der Waals surface area contributed by atoms with E-state index in [1.165, 1.54) is 11.3 Å². The molecule has 10 heteroatoms. The summed E-state index contributed by atoms with van der Waals surface area (Å²) in [5.74, 6) is -0.250. The molecule has 3 N–H and O–H groups in total. The average molecular weight is 391 g/mol. The molecule has 0 spiro atoms. The summed E-state index contributed by atoms with van der Waals surface area (Å²) >= 11 is 1.36. The van der Waals surface area contributed by atoms with Gasteiger partial charge in [-0.3, -0.25) is 9.98 Å². The van der Waals surface area contributed by atoms with Gasteiger partial charge in [0.15, 0.2) is 11.1 Å². The molecule has 0 saturated heterocycles. The van der Waals surface area contributed by atoms with Crippen molar-refractivity contribution in [2.45, 2.75) is 18.9 Å². The maximum atomic E-state index is 11.4. The Hall–Kier alpha value is -3.71. The summed E-state index contributed by atoms with van der Waals surface area (Å²) in [6.45, 7) is 0. The summed E-state index contributed by atoms with van der Waals surface area (Å²) in [6.07, 6.45) is 5.31. The van der Waals surface area contributed by atoms with Crippen molar-refractivity contribution in [3.63, 3.8) is 0 Å². The summed E-state index contributed by atoms with van der Waals surface area (Å²) < 4.78 is 1.65. The molecule has 0 aromatic carbocycles. The molecule has 138 valence electrons. The fourth-order valence-corrected chi connectivity index (χ4v) is 3.62. The van der Waals surface area contributed by atoms with Crippen LogP contribution in [0, 0.1) is 11.3 Å². The number of hydrogen-bond acceptors (Lipinski definition) is 7. The van der Waals surface area contributed by atoms with Crippen LogP contribution >= 0.6 is 11.3 Å². The zero-order valence-electron chi connectivity index (χ0n) is 14.4. The Bertz CT molecular complexity index is 1430. The number of nitrogens with zero attached hydrogens (tertiary/aromatic N) is 5. The van der Waals surface area contributed by atoms with E-state index in [0.29, 0.717) is 26.9 Å². The van der Waals surface area contributed by atoms with Crippen molar-refractivity contribution in [2.75, 3.05) is 0 Å². The zero-order valence-corrected chi connectivity index (χ0v) is 15.2. The van der Waals surface area contributed by atoms with Gasteiger partial charge in [-0.2, -0.15) is 14.9 Å². The molecule has 4 aromatic rings. The van der Waals surface area contributed by atoms with Gasteiger partial charge in [0.25, 0.3) is 0 Å². The van der Waals surface area contributed by atoms with Gasteiger partial charge in [0.2, 0.25) is 5.88 Å². The van der Waals surface area contributed by atoms with Crippen molar-refractivity contribution >= 4 is 23.1 Å². The molecular weight excluding hydrogens is 378 g/mol. The van der Waals surface area contributed by atoms with E-state index in [-0.39, 0.29) is 17.6 Å². The highest BCUT2D eigenvalue weighted by atomic mass is 32.1. The van der Waals surface area contributed by atoms with Gasteiger partial charge in [-0.1, -0.05) is 0 Å².